The Morgan fingerprint density at radius 1 is 1.03 bits per heavy atom. The minimum absolute atomic E-state index is 0.0515. The number of carbonyl (C=O) groups excluding carboxylic acids is 1. The highest BCUT2D eigenvalue weighted by Gasteiger charge is 2.12. The van der Waals surface area contributed by atoms with Gasteiger partial charge in [0.15, 0.2) is 11.5 Å². The molecule has 0 atom stereocenters. The van der Waals surface area contributed by atoms with E-state index in [1.165, 1.54) is 4.68 Å². The Labute approximate surface area is 167 Å². The molecule has 2 aromatic carbocycles. The van der Waals surface area contributed by atoms with Crippen LogP contribution in [0.25, 0.3) is 10.9 Å². The SMILES string of the molecule is O=C(CCCCCn1nnc2ccccc2c1=O)Nc1ccc2c(c1)OCCO2. The van der Waals surface area contributed by atoms with Crippen molar-refractivity contribution >= 4 is 22.5 Å². The van der Waals surface area contributed by atoms with E-state index >= 15 is 0 Å². The quantitative estimate of drug-likeness (QED) is 0.619. The van der Waals surface area contributed by atoms with E-state index in [4.69, 9.17) is 9.47 Å². The first kappa shape index (κ1) is 18.9. The van der Waals surface area contributed by atoms with E-state index in [1.54, 1.807) is 30.3 Å². The Hall–Kier alpha value is -3.42. The summed E-state index contributed by atoms with van der Waals surface area (Å²) < 4.78 is 12.4. The molecule has 0 saturated carbocycles. The molecule has 1 N–H and O–H groups in total. The van der Waals surface area contributed by atoms with Gasteiger partial charge in [-0.15, -0.1) is 5.10 Å². The van der Waals surface area contributed by atoms with E-state index in [2.05, 4.69) is 15.6 Å². The van der Waals surface area contributed by atoms with Crippen molar-refractivity contribution in [2.24, 2.45) is 0 Å². The molecule has 1 aliphatic heterocycles. The summed E-state index contributed by atoms with van der Waals surface area (Å²) >= 11 is 0. The van der Waals surface area contributed by atoms with Crippen molar-refractivity contribution in [3.05, 3.63) is 52.8 Å². The molecular formula is C21H22N4O4. The molecule has 3 aromatic rings. The summed E-state index contributed by atoms with van der Waals surface area (Å²) in [7, 11) is 0. The van der Waals surface area contributed by atoms with E-state index < -0.39 is 0 Å². The Balaban J connectivity index is 1.22. The molecule has 0 fully saturated rings. The Morgan fingerprint density at radius 3 is 2.76 bits per heavy atom. The first-order chi connectivity index (χ1) is 14.2. The van der Waals surface area contributed by atoms with Crippen molar-refractivity contribution in [2.75, 3.05) is 18.5 Å². The van der Waals surface area contributed by atoms with Crippen LogP contribution < -0.4 is 20.3 Å². The van der Waals surface area contributed by atoms with Crippen molar-refractivity contribution in [2.45, 2.75) is 32.2 Å². The molecule has 0 spiro atoms. The van der Waals surface area contributed by atoms with Crippen molar-refractivity contribution in [1.82, 2.24) is 15.0 Å². The van der Waals surface area contributed by atoms with Crippen LogP contribution in [0.3, 0.4) is 0 Å². The minimum atomic E-state index is -0.132. The fraction of sp³-hybridized carbons (Fsp3) is 0.333. The van der Waals surface area contributed by atoms with E-state index in [0.717, 1.165) is 19.3 Å². The number of rotatable bonds is 7. The molecule has 0 unspecified atom stereocenters. The molecule has 1 aromatic heterocycles. The zero-order valence-electron chi connectivity index (χ0n) is 16.0. The normalized spacial score (nSPS) is 12.7. The van der Waals surface area contributed by atoms with E-state index in [9.17, 15) is 9.59 Å². The Kier molecular flexibility index (Phi) is 5.69. The van der Waals surface area contributed by atoms with Crippen molar-refractivity contribution in [3.8, 4) is 11.5 Å². The van der Waals surface area contributed by atoms with Gasteiger partial charge in [0.2, 0.25) is 5.91 Å². The summed E-state index contributed by atoms with van der Waals surface area (Å²) in [6.45, 7) is 1.53. The Bertz CT molecular complexity index is 1080. The molecule has 8 heteroatoms. The lowest BCUT2D eigenvalue weighted by molar-refractivity contribution is -0.116. The third-order valence-corrected chi connectivity index (χ3v) is 4.73. The molecule has 0 radical (unpaired) electrons. The van der Waals surface area contributed by atoms with Crippen LogP contribution in [-0.2, 0) is 11.3 Å². The number of carbonyl (C=O) groups is 1. The number of fused-ring (bicyclic) bond motifs is 2. The van der Waals surface area contributed by atoms with Gasteiger partial charge in [0.25, 0.3) is 5.56 Å². The monoisotopic (exact) mass is 394 g/mol. The standard InChI is InChI=1S/C21H22N4O4/c26-20(22-15-9-10-18-19(14-15)29-13-12-28-18)8-2-1-5-11-25-21(27)16-6-3-4-7-17(16)23-24-25/h3-4,6-7,9-10,14H,1-2,5,8,11-13H2,(H,22,26). The summed E-state index contributed by atoms with van der Waals surface area (Å²) in [5.41, 5.74) is 1.16. The summed E-state index contributed by atoms with van der Waals surface area (Å²) in [6, 6.07) is 12.5. The van der Waals surface area contributed by atoms with Crippen LogP contribution >= 0.6 is 0 Å². The molecule has 29 heavy (non-hydrogen) atoms. The number of aryl methyl sites for hydroxylation is 1. The van der Waals surface area contributed by atoms with Gasteiger partial charge >= 0.3 is 0 Å². The van der Waals surface area contributed by atoms with Gasteiger partial charge < -0.3 is 14.8 Å². The number of hydrogen-bond acceptors (Lipinski definition) is 6. The maximum atomic E-state index is 12.4. The second-order valence-electron chi connectivity index (χ2n) is 6.85. The average molecular weight is 394 g/mol. The first-order valence-corrected chi connectivity index (χ1v) is 9.73. The van der Waals surface area contributed by atoms with Gasteiger partial charge in [-0.1, -0.05) is 23.8 Å². The fourth-order valence-corrected chi connectivity index (χ4v) is 3.24. The van der Waals surface area contributed by atoms with Crippen LogP contribution in [0.15, 0.2) is 47.3 Å². The first-order valence-electron chi connectivity index (χ1n) is 9.73. The maximum Gasteiger partial charge on any atom is 0.277 e. The number of unbranched alkanes of at least 4 members (excludes halogenated alkanes) is 2. The number of ether oxygens (including phenoxy) is 2. The highest BCUT2D eigenvalue weighted by molar-refractivity contribution is 5.91. The van der Waals surface area contributed by atoms with Crippen LogP contribution in [0, 0.1) is 0 Å². The van der Waals surface area contributed by atoms with Gasteiger partial charge in [-0.3, -0.25) is 9.59 Å². The van der Waals surface area contributed by atoms with Gasteiger partial charge in [0.05, 0.1) is 5.39 Å². The van der Waals surface area contributed by atoms with Gasteiger partial charge in [0.1, 0.15) is 18.7 Å². The second kappa shape index (κ2) is 8.72. The third-order valence-electron chi connectivity index (χ3n) is 4.73. The van der Waals surface area contributed by atoms with Gasteiger partial charge in [-0.25, -0.2) is 4.68 Å². The van der Waals surface area contributed by atoms with Crippen molar-refractivity contribution in [1.29, 1.82) is 0 Å². The molecule has 1 aliphatic rings. The summed E-state index contributed by atoms with van der Waals surface area (Å²) in [5.74, 6) is 1.29. The van der Waals surface area contributed by atoms with E-state index in [0.29, 0.717) is 54.3 Å². The predicted molar refractivity (Wildman–Crippen MR) is 108 cm³/mol. The molecule has 0 bridgehead atoms. The lowest BCUT2D eigenvalue weighted by Crippen LogP contribution is -2.24. The molecule has 8 nitrogen and oxygen atoms in total. The number of benzene rings is 2. The Morgan fingerprint density at radius 2 is 1.86 bits per heavy atom. The molecule has 2 heterocycles. The average Bonchev–Trinajstić information content (AvgIpc) is 2.75. The van der Waals surface area contributed by atoms with Crippen molar-refractivity contribution in [3.63, 3.8) is 0 Å². The second-order valence-corrected chi connectivity index (χ2v) is 6.85. The smallest absolute Gasteiger partial charge is 0.277 e. The number of hydrogen-bond donors (Lipinski definition) is 1. The third kappa shape index (κ3) is 4.53. The topological polar surface area (TPSA) is 95.3 Å². The summed E-state index contributed by atoms with van der Waals surface area (Å²) in [6.07, 6.45) is 2.71. The summed E-state index contributed by atoms with van der Waals surface area (Å²) in [5, 5.41) is 11.5. The van der Waals surface area contributed by atoms with E-state index in [1.807, 2.05) is 12.1 Å². The highest BCUT2D eigenvalue weighted by Crippen LogP contribution is 2.32. The molecule has 150 valence electrons. The van der Waals surface area contributed by atoms with Gasteiger partial charge in [-0.05, 0) is 37.1 Å². The number of amides is 1. The fourth-order valence-electron chi connectivity index (χ4n) is 3.24. The molecule has 0 aliphatic carbocycles. The molecular weight excluding hydrogens is 372 g/mol. The predicted octanol–water partition coefficient (Wildman–Crippen LogP) is 2.76. The van der Waals surface area contributed by atoms with E-state index in [-0.39, 0.29) is 11.5 Å². The van der Waals surface area contributed by atoms with Gasteiger partial charge in [0, 0.05) is 24.7 Å². The number of aromatic nitrogens is 3. The largest absolute Gasteiger partial charge is 0.486 e. The zero-order valence-corrected chi connectivity index (χ0v) is 16.0. The van der Waals surface area contributed by atoms with Crippen LogP contribution in [0.5, 0.6) is 11.5 Å². The zero-order chi connectivity index (χ0) is 20.1. The lowest BCUT2D eigenvalue weighted by Gasteiger charge is -2.19. The van der Waals surface area contributed by atoms with Crippen LogP contribution in [0.4, 0.5) is 5.69 Å². The van der Waals surface area contributed by atoms with Crippen LogP contribution in [0.2, 0.25) is 0 Å². The number of anilines is 1. The summed E-state index contributed by atoms with van der Waals surface area (Å²) in [4.78, 5) is 24.5. The minimum Gasteiger partial charge on any atom is -0.486 e. The maximum absolute atomic E-state index is 12.4. The van der Waals surface area contributed by atoms with Gasteiger partial charge in [-0.2, -0.15) is 0 Å². The number of nitrogens with zero attached hydrogens (tertiary/aromatic N) is 3. The van der Waals surface area contributed by atoms with Crippen LogP contribution in [0.1, 0.15) is 25.7 Å². The molecule has 1 amide bonds. The number of nitrogens with one attached hydrogen (secondary N) is 1. The highest BCUT2D eigenvalue weighted by atomic mass is 16.6. The molecule has 4 rings (SSSR count). The molecule has 0 saturated heterocycles. The lowest BCUT2D eigenvalue weighted by atomic mass is 10.2. The van der Waals surface area contributed by atoms with Crippen molar-refractivity contribution < 1.29 is 14.3 Å². The van der Waals surface area contributed by atoms with Crippen LogP contribution in [-0.4, -0.2) is 34.1 Å².